The summed E-state index contributed by atoms with van der Waals surface area (Å²) in [7, 11) is 0. The molecule has 14 nitrogen and oxygen atoms in total. The molecule has 40 heavy (non-hydrogen) atoms. The summed E-state index contributed by atoms with van der Waals surface area (Å²) < 4.78 is 19.4. The minimum Gasteiger partial charge on any atom is -0.490 e. The number of rotatable bonds is 13. The number of nitrogen functional groups attached to an aromatic ring is 1. The van der Waals surface area contributed by atoms with Gasteiger partial charge in [0.2, 0.25) is 0 Å². The lowest BCUT2D eigenvalue weighted by Crippen LogP contribution is -2.76. The number of nitrogens with zero attached hydrogens (tertiary/aromatic N) is 4. The lowest BCUT2D eigenvalue weighted by atomic mass is 9.84. The number of carbonyl (C=O) groups excluding carboxylic acids is 2. The zero-order valence-corrected chi connectivity index (χ0v) is 23.7. The Bertz CT molecular complexity index is 1250. The van der Waals surface area contributed by atoms with Crippen molar-refractivity contribution in [3.05, 3.63) is 40.9 Å². The number of benzene rings is 1. The fourth-order valence-corrected chi connectivity index (χ4v) is 5.08. The molecular weight excluding hydrogens is 560 g/mol. The van der Waals surface area contributed by atoms with Gasteiger partial charge in [-0.1, -0.05) is 5.16 Å². The summed E-state index contributed by atoms with van der Waals surface area (Å²) in [5, 5.41) is 12.7. The Labute approximate surface area is 239 Å². The number of aliphatic imine (C=N–C) groups is 1. The van der Waals surface area contributed by atoms with E-state index in [1.807, 2.05) is 12.1 Å². The van der Waals surface area contributed by atoms with E-state index in [0.29, 0.717) is 24.2 Å². The second-order valence-corrected chi connectivity index (χ2v) is 10.8. The van der Waals surface area contributed by atoms with E-state index in [4.69, 9.17) is 29.9 Å². The maximum absolute atomic E-state index is 13.0. The van der Waals surface area contributed by atoms with Crippen molar-refractivity contribution >= 4 is 52.2 Å². The molecule has 1 aromatic heterocycles. The van der Waals surface area contributed by atoms with Gasteiger partial charge in [0, 0.05) is 17.0 Å². The molecule has 2 aromatic rings. The van der Waals surface area contributed by atoms with E-state index in [1.165, 1.54) is 0 Å². The standard InChI is InChI=1S/C24H32N8O6S2/c1-24(2)19(22(34)32(24)38-40-35)30-21(33)18(17-13-39-23(26)29-17)31-37-11-10-36-16-7-5-14(6-8-16)20(25)28-12-15-4-3-9-27-15/h5-8,13,15,19,27,35H,3-4,9-12H2,1-2H3,(H2,25,28)(H2,26,29)(H,30,33)/b31-18-/t15?,19-/m1/s1. The second-order valence-electron chi connectivity index (χ2n) is 9.58. The largest absolute Gasteiger partial charge is 0.490 e. The number of ether oxygens (including phenoxy) is 1. The van der Waals surface area contributed by atoms with Gasteiger partial charge in [0.05, 0.1) is 12.1 Å². The van der Waals surface area contributed by atoms with Gasteiger partial charge in [-0.25, -0.2) is 4.98 Å². The van der Waals surface area contributed by atoms with Crippen molar-refractivity contribution in [1.82, 2.24) is 20.7 Å². The van der Waals surface area contributed by atoms with E-state index in [-0.39, 0.29) is 42.1 Å². The lowest BCUT2D eigenvalue weighted by molar-refractivity contribution is -0.214. The molecule has 2 aliphatic heterocycles. The van der Waals surface area contributed by atoms with Gasteiger partial charge >= 0.3 is 0 Å². The number of nitrogens with one attached hydrogen (secondary N) is 2. The van der Waals surface area contributed by atoms with Crippen molar-refractivity contribution in [2.45, 2.75) is 44.3 Å². The fourth-order valence-electron chi connectivity index (χ4n) is 4.20. The van der Waals surface area contributed by atoms with E-state index in [0.717, 1.165) is 41.3 Å². The number of β-lactam (4-membered cyclic amide) rings is 1. The molecule has 4 rings (SSSR count). The Hall–Kier alpha value is -3.44. The van der Waals surface area contributed by atoms with E-state index in [2.05, 4.69) is 25.8 Å². The number of carbonyl (C=O) groups is 2. The molecule has 216 valence electrons. The molecule has 2 atom stereocenters. The zero-order chi connectivity index (χ0) is 28.7. The van der Waals surface area contributed by atoms with Gasteiger partial charge in [0.25, 0.3) is 11.8 Å². The van der Waals surface area contributed by atoms with Crippen LogP contribution < -0.4 is 26.8 Å². The topological polar surface area (TPSA) is 199 Å². The molecule has 0 aliphatic carbocycles. The second kappa shape index (κ2) is 13.3. The number of thiazole rings is 1. The van der Waals surface area contributed by atoms with Crippen molar-refractivity contribution in [3.63, 3.8) is 0 Å². The molecular formula is C24H32N8O6S2. The highest BCUT2D eigenvalue weighted by Crippen LogP contribution is 2.33. The normalized spacial score (nSPS) is 20.8. The smallest absolute Gasteiger partial charge is 0.276 e. The minimum atomic E-state index is -0.918. The van der Waals surface area contributed by atoms with E-state index in [9.17, 15) is 9.59 Å². The predicted octanol–water partition coefficient (Wildman–Crippen LogP) is 1.14. The zero-order valence-electron chi connectivity index (χ0n) is 22.0. The van der Waals surface area contributed by atoms with Gasteiger partial charge in [-0.15, -0.1) is 11.3 Å². The molecule has 0 bridgehead atoms. The van der Waals surface area contributed by atoms with Crippen LogP contribution >= 0.6 is 23.7 Å². The fraction of sp³-hybridized carbons (Fsp3) is 0.458. The number of hydrogen-bond donors (Lipinski definition) is 5. The average molecular weight is 593 g/mol. The maximum atomic E-state index is 13.0. The quantitative estimate of drug-likeness (QED) is 0.0558. The van der Waals surface area contributed by atoms with Crippen molar-refractivity contribution in [1.29, 1.82) is 0 Å². The highest BCUT2D eigenvalue weighted by atomic mass is 32.2. The van der Waals surface area contributed by atoms with Gasteiger partial charge in [-0.3, -0.25) is 14.6 Å². The Morgan fingerprint density at radius 3 is 2.75 bits per heavy atom. The van der Waals surface area contributed by atoms with Crippen LogP contribution in [0.2, 0.25) is 0 Å². The number of nitrogens with two attached hydrogens (primary N) is 2. The number of aromatic nitrogens is 1. The molecule has 2 saturated heterocycles. The van der Waals surface area contributed by atoms with Gasteiger partial charge < -0.3 is 36.2 Å². The molecule has 0 spiro atoms. The predicted molar refractivity (Wildman–Crippen MR) is 152 cm³/mol. The maximum Gasteiger partial charge on any atom is 0.276 e. The highest BCUT2D eigenvalue weighted by molar-refractivity contribution is 7.88. The third-order valence-electron chi connectivity index (χ3n) is 6.43. The third-order valence-corrected chi connectivity index (χ3v) is 7.32. The summed E-state index contributed by atoms with van der Waals surface area (Å²) in [5.74, 6) is -0.139. The van der Waals surface area contributed by atoms with Gasteiger partial charge in [-0.05, 0) is 57.5 Å². The van der Waals surface area contributed by atoms with Gasteiger partial charge in [-0.2, -0.15) is 9.35 Å². The molecule has 16 heteroatoms. The number of hydroxylamine groups is 2. The van der Waals surface area contributed by atoms with Crippen molar-refractivity contribution in [2.75, 3.05) is 32.0 Å². The first-order valence-electron chi connectivity index (χ1n) is 12.5. The summed E-state index contributed by atoms with van der Waals surface area (Å²) in [4.78, 5) is 39.3. The van der Waals surface area contributed by atoms with Crippen LogP contribution in [0.4, 0.5) is 5.13 Å². The van der Waals surface area contributed by atoms with E-state index in [1.54, 1.807) is 31.4 Å². The molecule has 7 N–H and O–H groups in total. The van der Waals surface area contributed by atoms with Crippen molar-refractivity contribution in [3.8, 4) is 5.75 Å². The Morgan fingerprint density at radius 1 is 1.35 bits per heavy atom. The van der Waals surface area contributed by atoms with Crippen LogP contribution in [0.25, 0.3) is 0 Å². The first-order chi connectivity index (χ1) is 19.2. The number of amides is 2. The Kier molecular flexibility index (Phi) is 9.80. The summed E-state index contributed by atoms with van der Waals surface area (Å²) in [6, 6.07) is 6.69. The third kappa shape index (κ3) is 7.00. The first-order valence-corrected chi connectivity index (χ1v) is 14.1. The summed E-state index contributed by atoms with van der Waals surface area (Å²) in [5.41, 5.74) is 11.8. The van der Waals surface area contributed by atoms with Crippen molar-refractivity contribution < 1.29 is 28.0 Å². The van der Waals surface area contributed by atoms with Gasteiger partial charge in [0.15, 0.2) is 29.8 Å². The summed E-state index contributed by atoms with van der Waals surface area (Å²) in [6.45, 7) is 5.19. The SMILES string of the molecule is CC1(C)[C@H](NC(=O)/C(=N\OCCOc2ccc(C(N)=NCC3CCCN3)cc2)c2csc(N)n2)C(=O)N1OSO. The van der Waals surface area contributed by atoms with Crippen LogP contribution in [0.1, 0.15) is 37.9 Å². The minimum absolute atomic E-state index is 0.0271. The molecule has 0 saturated carbocycles. The molecule has 3 heterocycles. The average Bonchev–Trinajstić information content (AvgIpc) is 3.62. The van der Waals surface area contributed by atoms with Crippen LogP contribution in [-0.2, 0) is 18.7 Å². The molecule has 2 fully saturated rings. The van der Waals surface area contributed by atoms with Crippen LogP contribution in [0.5, 0.6) is 5.75 Å². The number of oxime groups is 1. The summed E-state index contributed by atoms with van der Waals surface area (Å²) in [6.07, 6.45) is 2.27. The molecule has 1 aromatic carbocycles. The Balaban J connectivity index is 1.30. The van der Waals surface area contributed by atoms with Crippen LogP contribution in [-0.4, -0.2) is 81.9 Å². The van der Waals surface area contributed by atoms with Crippen molar-refractivity contribution in [2.24, 2.45) is 15.9 Å². The van der Waals surface area contributed by atoms with Crippen LogP contribution in [0.3, 0.4) is 0 Å². The van der Waals surface area contributed by atoms with E-state index >= 15 is 0 Å². The first kappa shape index (κ1) is 29.5. The molecule has 1 unspecified atom stereocenters. The van der Waals surface area contributed by atoms with Crippen LogP contribution in [0, 0.1) is 0 Å². The molecule has 2 amide bonds. The number of anilines is 1. The monoisotopic (exact) mass is 592 g/mol. The van der Waals surface area contributed by atoms with Gasteiger partial charge in [0.1, 0.15) is 29.9 Å². The number of amidine groups is 1. The highest BCUT2D eigenvalue weighted by Gasteiger charge is 2.57. The van der Waals surface area contributed by atoms with Crippen LogP contribution in [0.15, 0.2) is 39.8 Å². The number of hydrogen-bond acceptors (Lipinski definition) is 13. The molecule has 0 radical (unpaired) electrons. The Morgan fingerprint density at radius 2 is 2.12 bits per heavy atom. The van der Waals surface area contributed by atoms with E-state index < -0.39 is 23.4 Å². The lowest BCUT2D eigenvalue weighted by Gasteiger charge is -2.50. The summed E-state index contributed by atoms with van der Waals surface area (Å²) >= 11 is 1.17. The molecule has 2 aliphatic rings.